The van der Waals surface area contributed by atoms with Gasteiger partial charge in [-0.3, -0.25) is 4.79 Å². The monoisotopic (exact) mass is 272 g/mol. The van der Waals surface area contributed by atoms with E-state index in [0.29, 0.717) is 42.6 Å². The molecule has 3 N–H and O–H groups in total. The summed E-state index contributed by atoms with van der Waals surface area (Å²) in [5.41, 5.74) is 5.81. The SMILES string of the molecule is COCCNC(=O)c1ccc(OCCN)c(Cl)c1. The summed E-state index contributed by atoms with van der Waals surface area (Å²) in [6.07, 6.45) is 0. The molecule has 18 heavy (non-hydrogen) atoms. The largest absolute Gasteiger partial charge is 0.491 e. The average Bonchev–Trinajstić information content (AvgIpc) is 2.37. The Morgan fingerprint density at radius 1 is 1.44 bits per heavy atom. The lowest BCUT2D eigenvalue weighted by Crippen LogP contribution is -2.26. The Morgan fingerprint density at radius 3 is 2.83 bits per heavy atom. The van der Waals surface area contributed by atoms with Crippen molar-refractivity contribution in [2.75, 3.05) is 33.4 Å². The third-order valence-corrected chi connectivity index (χ3v) is 2.46. The molecule has 0 spiro atoms. The van der Waals surface area contributed by atoms with E-state index in [1.807, 2.05) is 0 Å². The number of hydrogen-bond acceptors (Lipinski definition) is 4. The predicted octanol–water partition coefficient (Wildman–Crippen LogP) is 1.05. The molecule has 1 aromatic carbocycles. The first kappa shape index (κ1) is 14.8. The molecule has 0 fully saturated rings. The van der Waals surface area contributed by atoms with Gasteiger partial charge in [-0.05, 0) is 18.2 Å². The van der Waals surface area contributed by atoms with E-state index in [9.17, 15) is 4.79 Å². The van der Waals surface area contributed by atoms with Crippen LogP contribution in [0, 0.1) is 0 Å². The quantitative estimate of drug-likeness (QED) is 0.728. The van der Waals surface area contributed by atoms with Crippen LogP contribution < -0.4 is 15.8 Å². The van der Waals surface area contributed by atoms with E-state index in [2.05, 4.69) is 5.32 Å². The number of ether oxygens (including phenoxy) is 2. The molecule has 0 aliphatic heterocycles. The fraction of sp³-hybridized carbons (Fsp3) is 0.417. The van der Waals surface area contributed by atoms with Crippen molar-refractivity contribution in [2.45, 2.75) is 0 Å². The predicted molar refractivity (Wildman–Crippen MR) is 70.2 cm³/mol. The number of benzene rings is 1. The van der Waals surface area contributed by atoms with Gasteiger partial charge in [-0.25, -0.2) is 0 Å². The molecule has 0 aliphatic carbocycles. The summed E-state index contributed by atoms with van der Waals surface area (Å²) in [4.78, 5) is 11.7. The minimum atomic E-state index is -0.195. The average molecular weight is 273 g/mol. The van der Waals surface area contributed by atoms with Gasteiger partial charge in [0.2, 0.25) is 0 Å². The summed E-state index contributed by atoms with van der Waals surface area (Å²) >= 11 is 6.00. The zero-order chi connectivity index (χ0) is 13.4. The first-order chi connectivity index (χ1) is 8.69. The minimum Gasteiger partial charge on any atom is -0.491 e. The van der Waals surface area contributed by atoms with Crippen LogP contribution in [0.3, 0.4) is 0 Å². The lowest BCUT2D eigenvalue weighted by Gasteiger charge is -2.09. The number of amides is 1. The van der Waals surface area contributed by atoms with Crippen LogP contribution in [0.1, 0.15) is 10.4 Å². The standard InChI is InChI=1S/C12H17ClN2O3/c1-17-7-5-15-12(16)9-2-3-11(10(13)8-9)18-6-4-14/h2-3,8H,4-7,14H2,1H3,(H,15,16). The highest BCUT2D eigenvalue weighted by atomic mass is 35.5. The lowest BCUT2D eigenvalue weighted by atomic mass is 10.2. The highest BCUT2D eigenvalue weighted by Gasteiger charge is 2.08. The third-order valence-electron chi connectivity index (χ3n) is 2.16. The molecule has 0 aliphatic rings. The molecule has 5 nitrogen and oxygen atoms in total. The maximum atomic E-state index is 11.7. The summed E-state index contributed by atoms with van der Waals surface area (Å²) < 4.78 is 10.2. The number of methoxy groups -OCH3 is 1. The highest BCUT2D eigenvalue weighted by Crippen LogP contribution is 2.25. The Balaban J connectivity index is 2.62. The molecule has 0 saturated carbocycles. The van der Waals surface area contributed by atoms with Crippen LogP contribution in [0.25, 0.3) is 0 Å². The van der Waals surface area contributed by atoms with Gasteiger partial charge in [0, 0.05) is 25.8 Å². The number of nitrogens with one attached hydrogen (secondary N) is 1. The van der Waals surface area contributed by atoms with Crippen molar-refractivity contribution in [1.82, 2.24) is 5.32 Å². The van der Waals surface area contributed by atoms with Crippen molar-refractivity contribution < 1.29 is 14.3 Å². The van der Waals surface area contributed by atoms with Crippen molar-refractivity contribution in [3.63, 3.8) is 0 Å². The van der Waals surface area contributed by atoms with E-state index in [4.69, 9.17) is 26.8 Å². The highest BCUT2D eigenvalue weighted by molar-refractivity contribution is 6.32. The molecule has 0 bridgehead atoms. The maximum Gasteiger partial charge on any atom is 0.251 e. The van der Waals surface area contributed by atoms with Crippen LogP contribution in [0.2, 0.25) is 5.02 Å². The van der Waals surface area contributed by atoms with Crippen LogP contribution in [-0.2, 0) is 4.74 Å². The van der Waals surface area contributed by atoms with Gasteiger partial charge in [0.25, 0.3) is 5.91 Å². The second kappa shape index (κ2) is 7.92. The van der Waals surface area contributed by atoms with E-state index in [-0.39, 0.29) is 5.91 Å². The normalized spacial score (nSPS) is 10.2. The third kappa shape index (κ3) is 4.52. The molecule has 1 rings (SSSR count). The van der Waals surface area contributed by atoms with Gasteiger partial charge >= 0.3 is 0 Å². The van der Waals surface area contributed by atoms with Crippen molar-refractivity contribution >= 4 is 17.5 Å². The van der Waals surface area contributed by atoms with Crippen LogP contribution in [0.4, 0.5) is 0 Å². The van der Waals surface area contributed by atoms with Gasteiger partial charge in [0.05, 0.1) is 11.6 Å². The molecule has 0 heterocycles. The molecular weight excluding hydrogens is 256 g/mol. The fourth-order valence-electron chi connectivity index (χ4n) is 1.30. The molecule has 1 amide bonds. The first-order valence-corrected chi connectivity index (χ1v) is 5.96. The van der Waals surface area contributed by atoms with Crippen LogP contribution >= 0.6 is 11.6 Å². The van der Waals surface area contributed by atoms with E-state index >= 15 is 0 Å². The molecule has 0 aromatic heterocycles. The molecular formula is C12H17ClN2O3. The number of nitrogens with two attached hydrogens (primary N) is 1. The van der Waals surface area contributed by atoms with Crippen LogP contribution in [0.5, 0.6) is 5.75 Å². The van der Waals surface area contributed by atoms with E-state index in [1.54, 1.807) is 25.3 Å². The topological polar surface area (TPSA) is 73.6 Å². The van der Waals surface area contributed by atoms with Crippen molar-refractivity contribution in [3.05, 3.63) is 28.8 Å². The Kier molecular flexibility index (Phi) is 6.49. The van der Waals surface area contributed by atoms with Gasteiger partial charge in [0.1, 0.15) is 12.4 Å². The molecule has 0 saturated heterocycles. The summed E-state index contributed by atoms with van der Waals surface area (Å²) in [6.45, 7) is 1.73. The molecule has 6 heteroatoms. The zero-order valence-electron chi connectivity index (χ0n) is 10.2. The molecule has 100 valence electrons. The Morgan fingerprint density at radius 2 is 2.22 bits per heavy atom. The van der Waals surface area contributed by atoms with Gasteiger partial charge in [-0.1, -0.05) is 11.6 Å². The molecule has 1 aromatic rings. The van der Waals surface area contributed by atoms with Gasteiger partial charge < -0.3 is 20.5 Å². The molecule has 0 unspecified atom stereocenters. The van der Waals surface area contributed by atoms with Gasteiger partial charge in [0.15, 0.2) is 0 Å². The minimum absolute atomic E-state index is 0.195. The first-order valence-electron chi connectivity index (χ1n) is 5.58. The summed E-state index contributed by atoms with van der Waals surface area (Å²) in [7, 11) is 1.58. The molecule has 0 atom stereocenters. The van der Waals surface area contributed by atoms with Crippen LogP contribution in [-0.4, -0.2) is 39.3 Å². The van der Waals surface area contributed by atoms with Crippen LogP contribution in [0.15, 0.2) is 18.2 Å². The number of carbonyl (C=O) groups is 1. The number of rotatable bonds is 7. The van der Waals surface area contributed by atoms with E-state index in [1.165, 1.54) is 0 Å². The van der Waals surface area contributed by atoms with Crippen molar-refractivity contribution in [1.29, 1.82) is 0 Å². The van der Waals surface area contributed by atoms with Gasteiger partial charge in [-0.15, -0.1) is 0 Å². The summed E-state index contributed by atoms with van der Waals surface area (Å²) in [5.74, 6) is 0.329. The van der Waals surface area contributed by atoms with E-state index in [0.717, 1.165) is 0 Å². The van der Waals surface area contributed by atoms with Crippen molar-refractivity contribution in [3.8, 4) is 5.75 Å². The number of halogens is 1. The smallest absolute Gasteiger partial charge is 0.251 e. The Bertz CT molecular complexity index is 399. The Hall–Kier alpha value is -1.30. The number of hydrogen-bond donors (Lipinski definition) is 2. The Labute approximate surface area is 111 Å². The van der Waals surface area contributed by atoms with Gasteiger partial charge in [-0.2, -0.15) is 0 Å². The summed E-state index contributed by atoms with van der Waals surface area (Å²) in [5, 5.41) is 3.10. The fourth-order valence-corrected chi connectivity index (χ4v) is 1.53. The second-order valence-electron chi connectivity index (χ2n) is 3.53. The van der Waals surface area contributed by atoms with E-state index < -0.39 is 0 Å². The summed E-state index contributed by atoms with van der Waals surface area (Å²) in [6, 6.07) is 4.87. The number of carbonyl (C=O) groups excluding carboxylic acids is 1. The lowest BCUT2D eigenvalue weighted by molar-refractivity contribution is 0.0937. The zero-order valence-corrected chi connectivity index (χ0v) is 11.0. The molecule has 0 radical (unpaired) electrons. The second-order valence-corrected chi connectivity index (χ2v) is 3.94. The van der Waals surface area contributed by atoms with Crippen molar-refractivity contribution in [2.24, 2.45) is 5.73 Å². The maximum absolute atomic E-state index is 11.7.